The van der Waals surface area contributed by atoms with E-state index in [1.54, 1.807) is 0 Å². The number of halogens is 1. The van der Waals surface area contributed by atoms with Gasteiger partial charge < -0.3 is 4.90 Å². The van der Waals surface area contributed by atoms with Crippen LogP contribution in [0, 0.1) is 0 Å². The van der Waals surface area contributed by atoms with Crippen molar-refractivity contribution in [3.05, 3.63) is 58.7 Å². The van der Waals surface area contributed by atoms with Crippen LogP contribution in [-0.2, 0) is 0 Å². The zero-order valence-corrected chi connectivity index (χ0v) is 15.6. The first-order valence-corrected chi connectivity index (χ1v) is 9.54. The summed E-state index contributed by atoms with van der Waals surface area (Å²) in [7, 11) is 0. The Labute approximate surface area is 158 Å². The average molecular weight is 368 g/mol. The third-order valence-corrected chi connectivity index (χ3v) is 5.58. The van der Waals surface area contributed by atoms with Gasteiger partial charge in [0, 0.05) is 41.2 Å². The van der Waals surface area contributed by atoms with Gasteiger partial charge in [-0.1, -0.05) is 42.8 Å². The average Bonchev–Trinajstić information content (AvgIpc) is 3.15. The molecule has 0 aliphatic carbocycles. The van der Waals surface area contributed by atoms with E-state index in [9.17, 15) is 4.79 Å². The minimum atomic E-state index is 0.205. The van der Waals surface area contributed by atoms with Crippen molar-refractivity contribution in [3.8, 4) is 0 Å². The number of fused-ring (bicyclic) bond motifs is 1. The van der Waals surface area contributed by atoms with E-state index in [4.69, 9.17) is 11.6 Å². The van der Waals surface area contributed by atoms with Crippen LogP contribution in [0.25, 0.3) is 10.9 Å². The molecule has 26 heavy (non-hydrogen) atoms. The third-order valence-electron chi connectivity index (χ3n) is 5.36. The Morgan fingerprint density at radius 2 is 1.96 bits per heavy atom. The van der Waals surface area contributed by atoms with Crippen molar-refractivity contribution in [3.63, 3.8) is 0 Å². The predicted molar refractivity (Wildman–Crippen MR) is 106 cm³/mol. The van der Waals surface area contributed by atoms with Gasteiger partial charge in [0.05, 0.1) is 11.7 Å². The quantitative estimate of drug-likeness (QED) is 0.645. The summed E-state index contributed by atoms with van der Waals surface area (Å²) in [6.45, 7) is 3.88. The summed E-state index contributed by atoms with van der Waals surface area (Å²) >= 11 is 6.27. The first-order valence-electron chi connectivity index (χ1n) is 9.16. The number of nitrogens with one attached hydrogen (secondary N) is 1. The molecule has 1 aliphatic rings. The molecule has 1 N–H and O–H groups in total. The number of ketones is 1. The maximum absolute atomic E-state index is 11.8. The standard InChI is InChI=1S/C21H22ClN3O/c1-2-21(26)16-5-3-14(4-6-16)15-7-9-25(10-8-15)20-12-17(22)11-19-18(20)13-23-24-19/h3-6,11-13,15H,2,7-10H2,1H3,(H,23,24). The van der Waals surface area contributed by atoms with Gasteiger partial charge in [0.1, 0.15) is 0 Å². The maximum Gasteiger partial charge on any atom is 0.162 e. The maximum atomic E-state index is 11.8. The number of anilines is 1. The number of nitrogens with zero attached hydrogens (tertiary/aromatic N) is 2. The molecule has 0 amide bonds. The molecule has 0 atom stereocenters. The molecule has 4 rings (SSSR count). The Bertz CT molecular complexity index is 924. The molecule has 1 aromatic heterocycles. The molecular weight excluding hydrogens is 346 g/mol. The minimum Gasteiger partial charge on any atom is -0.371 e. The molecule has 0 radical (unpaired) electrons. The van der Waals surface area contributed by atoms with Crippen LogP contribution in [0.4, 0.5) is 5.69 Å². The molecule has 4 nitrogen and oxygen atoms in total. The number of carbonyl (C=O) groups is 1. The summed E-state index contributed by atoms with van der Waals surface area (Å²) in [5, 5.41) is 9.01. The van der Waals surface area contributed by atoms with Gasteiger partial charge in [-0.3, -0.25) is 9.89 Å². The molecule has 0 spiro atoms. The number of aromatic nitrogens is 2. The van der Waals surface area contributed by atoms with Crippen LogP contribution in [0.3, 0.4) is 0 Å². The van der Waals surface area contributed by atoms with Gasteiger partial charge in [0.2, 0.25) is 0 Å². The number of carbonyl (C=O) groups excluding carboxylic acids is 1. The van der Waals surface area contributed by atoms with E-state index in [1.165, 1.54) is 5.56 Å². The molecule has 1 saturated heterocycles. The second-order valence-electron chi connectivity index (χ2n) is 6.92. The highest BCUT2D eigenvalue weighted by Crippen LogP contribution is 2.35. The van der Waals surface area contributed by atoms with Crippen LogP contribution in [0.15, 0.2) is 42.6 Å². The number of hydrogen-bond acceptors (Lipinski definition) is 3. The van der Waals surface area contributed by atoms with Crippen molar-refractivity contribution in [1.82, 2.24) is 10.2 Å². The number of rotatable bonds is 4. The summed E-state index contributed by atoms with van der Waals surface area (Å²) in [5.41, 5.74) is 4.28. The van der Waals surface area contributed by atoms with Gasteiger partial charge in [-0.15, -0.1) is 0 Å². The van der Waals surface area contributed by atoms with Crippen molar-refractivity contribution >= 4 is 34.0 Å². The number of piperidine rings is 1. The number of benzene rings is 2. The predicted octanol–water partition coefficient (Wildman–Crippen LogP) is 5.19. The second kappa shape index (κ2) is 7.12. The molecule has 134 valence electrons. The van der Waals surface area contributed by atoms with Gasteiger partial charge in [0.25, 0.3) is 0 Å². The molecule has 0 unspecified atom stereocenters. The fraction of sp³-hybridized carbons (Fsp3) is 0.333. The lowest BCUT2D eigenvalue weighted by molar-refractivity contribution is 0.0988. The fourth-order valence-corrected chi connectivity index (χ4v) is 4.07. The SMILES string of the molecule is CCC(=O)c1ccc(C2CCN(c3cc(Cl)cc4[nH]ncc34)CC2)cc1. The van der Waals surface area contributed by atoms with E-state index in [0.717, 1.165) is 53.1 Å². The van der Waals surface area contributed by atoms with Gasteiger partial charge >= 0.3 is 0 Å². The lowest BCUT2D eigenvalue weighted by Crippen LogP contribution is -2.33. The number of hydrogen-bond donors (Lipinski definition) is 1. The lowest BCUT2D eigenvalue weighted by Gasteiger charge is -2.34. The van der Waals surface area contributed by atoms with Gasteiger partial charge in [-0.25, -0.2) is 0 Å². The molecule has 1 aliphatic heterocycles. The molecule has 2 heterocycles. The Morgan fingerprint density at radius 3 is 2.65 bits per heavy atom. The zero-order valence-electron chi connectivity index (χ0n) is 14.8. The Hall–Kier alpha value is -2.33. The summed E-state index contributed by atoms with van der Waals surface area (Å²) < 4.78 is 0. The van der Waals surface area contributed by atoms with Gasteiger partial charge in [-0.2, -0.15) is 5.10 Å². The lowest BCUT2D eigenvalue weighted by atomic mass is 9.88. The van der Waals surface area contributed by atoms with Crippen molar-refractivity contribution in [2.75, 3.05) is 18.0 Å². The topological polar surface area (TPSA) is 49.0 Å². The minimum absolute atomic E-state index is 0.205. The molecular formula is C21H22ClN3O. The van der Waals surface area contributed by atoms with E-state index in [-0.39, 0.29) is 5.78 Å². The molecule has 5 heteroatoms. The van der Waals surface area contributed by atoms with Crippen molar-refractivity contribution in [1.29, 1.82) is 0 Å². The first kappa shape index (κ1) is 17.1. The zero-order chi connectivity index (χ0) is 18.1. The fourth-order valence-electron chi connectivity index (χ4n) is 3.86. The Balaban J connectivity index is 1.48. The highest BCUT2D eigenvalue weighted by Gasteiger charge is 2.22. The van der Waals surface area contributed by atoms with E-state index < -0.39 is 0 Å². The van der Waals surface area contributed by atoms with E-state index in [1.807, 2.05) is 37.4 Å². The van der Waals surface area contributed by atoms with Crippen molar-refractivity contribution < 1.29 is 4.79 Å². The molecule has 1 fully saturated rings. The largest absolute Gasteiger partial charge is 0.371 e. The van der Waals surface area contributed by atoms with E-state index in [0.29, 0.717) is 12.3 Å². The molecule has 3 aromatic rings. The van der Waals surface area contributed by atoms with Crippen molar-refractivity contribution in [2.45, 2.75) is 32.1 Å². The van der Waals surface area contributed by atoms with E-state index in [2.05, 4.69) is 27.2 Å². The van der Waals surface area contributed by atoms with Crippen LogP contribution < -0.4 is 4.90 Å². The van der Waals surface area contributed by atoms with Gasteiger partial charge in [0.15, 0.2) is 5.78 Å². The van der Waals surface area contributed by atoms with Crippen LogP contribution in [-0.4, -0.2) is 29.1 Å². The number of aromatic amines is 1. The Kier molecular flexibility index (Phi) is 4.68. The molecule has 0 saturated carbocycles. The normalized spacial score (nSPS) is 15.5. The van der Waals surface area contributed by atoms with Crippen LogP contribution in [0.5, 0.6) is 0 Å². The summed E-state index contributed by atoms with van der Waals surface area (Å²) in [4.78, 5) is 14.2. The summed E-state index contributed by atoms with van der Waals surface area (Å²) in [6, 6.07) is 12.1. The smallest absolute Gasteiger partial charge is 0.162 e. The summed E-state index contributed by atoms with van der Waals surface area (Å²) in [6.07, 6.45) is 4.61. The number of H-pyrrole nitrogens is 1. The molecule has 0 bridgehead atoms. The van der Waals surface area contributed by atoms with Crippen LogP contribution in [0.2, 0.25) is 5.02 Å². The highest BCUT2D eigenvalue weighted by atomic mass is 35.5. The summed E-state index contributed by atoms with van der Waals surface area (Å²) in [5.74, 6) is 0.743. The van der Waals surface area contributed by atoms with Crippen molar-refractivity contribution in [2.24, 2.45) is 0 Å². The second-order valence-corrected chi connectivity index (χ2v) is 7.35. The first-order chi connectivity index (χ1) is 12.7. The molecule has 2 aromatic carbocycles. The van der Waals surface area contributed by atoms with Gasteiger partial charge in [-0.05, 0) is 36.5 Å². The number of Topliss-reactive ketones (excluding diaryl/α,β-unsaturated/α-hetero) is 1. The third kappa shape index (κ3) is 3.21. The highest BCUT2D eigenvalue weighted by molar-refractivity contribution is 6.31. The van der Waals surface area contributed by atoms with Crippen LogP contribution >= 0.6 is 11.6 Å². The Morgan fingerprint density at radius 1 is 1.23 bits per heavy atom. The monoisotopic (exact) mass is 367 g/mol. The van der Waals surface area contributed by atoms with E-state index >= 15 is 0 Å². The van der Waals surface area contributed by atoms with Crippen LogP contribution in [0.1, 0.15) is 48.0 Å².